The Kier molecular flexibility index (Phi) is 5.33. The van der Waals surface area contributed by atoms with E-state index in [1.165, 1.54) is 23.1 Å². The highest BCUT2D eigenvalue weighted by Gasteiger charge is 2.38. The summed E-state index contributed by atoms with van der Waals surface area (Å²) in [5.41, 5.74) is -0.317. The third-order valence-corrected chi connectivity index (χ3v) is 5.24. The molecule has 1 aromatic heterocycles. The van der Waals surface area contributed by atoms with E-state index in [2.05, 4.69) is 15.5 Å². The Morgan fingerprint density at radius 3 is 2.62 bits per heavy atom. The standard InChI is InChI=1S/C14H17N3O2S2/c1-10-16-17-13(21-10)20-9-8-14(15-2,12(18)19)11-6-4-3-5-7-11/h3-7,15H,8-9H2,1-2H3,(H,18,19). The van der Waals surface area contributed by atoms with Crippen LogP contribution < -0.4 is 5.32 Å². The van der Waals surface area contributed by atoms with Gasteiger partial charge in [0.2, 0.25) is 0 Å². The lowest BCUT2D eigenvalue weighted by atomic mass is 9.87. The van der Waals surface area contributed by atoms with Crippen LogP contribution in [0.15, 0.2) is 34.7 Å². The number of hydrogen-bond donors (Lipinski definition) is 2. The van der Waals surface area contributed by atoms with Gasteiger partial charge in [0.1, 0.15) is 10.5 Å². The van der Waals surface area contributed by atoms with Gasteiger partial charge in [0.05, 0.1) is 0 Å². The highest BCUT2D eigenvalue weighted by molar-refractivity contribution is 8.01. The minimum atomic E-state index is -1.08. The normalized spacial score (nSPS) is 13.8. The summed E-state index contributed by atoms with van der Waals surface area (Å²) in [4.78, 5) is 11.8. The number of nitrogens with zero attached hydrogens (tertiary/aromatic N) is 2. The van der Waals surface area contributed by atoms with Gasteiger partial charge in [0, 0.05) is 5.75 Å². The zero-order chi connectivity index (χ0) is 15.3. The van der Waals surface area contributed by atoms with Crippen molar-refractivity contribution in [2.75, 3.05) is 12.8 Å². The molecule has 21 heavy (non-hydrogen) atoms. The number of carbonyl (C=O) groups is 1. The van der Waals surface area contributed by atoms with Crippen LogP contribution in [-0.4, -0.2) is 34.1 Å². The van der Waals surface area contributed by atoms with Gasteiger partial charge in [-0.3, -0.25) is 0 Å². The van der Waals surface area contributed by atoms with Crippen molar-refractivity contribution in [3.8, 4) is 0 Å². The highest BCUT2D eigenvalue weighted by Crippen LogP contribution is 2.30. The molecule has 1 unspecified atom stereocenters. The summed E-state index contributed by atoms with van der Waals surface area (Å²) >= 11 is 3.06. The molecule has 2 N–H and O–H groups in total. The molecule has 0 aliphatic carbocycles. The molecule has 1 atom stereocenters. The number of benzene rings is 1. The Morgan fingerprint density at radius 1 is 1.38 bits per heavy atom. The van der Waals surface area contributed by atoms with Crippen molar-refractivity contribution in [1.82, 2.24) is 15.5 Å². The molecule has 0 saturated heterocycles. The maximum Gasteiger partial charge on any atom is 0.328 e. The molecular formula is C14H17N3O2S2. The fourth-order valence-corrected chi connectivity index (χ4v) is 4.05. The molecule has 0 bridgehead atoms. The summed E-state index contributed by atoms with van der Waals surface area (Å²) in [6, 6.07) is 9.26. The zero-order valence-electron chi connectivity index (χ0n) is 11.9. The quantitative estimate of drug-likeness (QED) is 0.763. The molecule has 0 fully saturated rings. The van der Waals surface area contributed by atoms with Crippen LogP contribution in [-0.2, 0) is 10.3 Å². The summed E-state index contributed by atoms with van der Waals surface area (Å²) in [5, 5.41) is 21.6. The molecule has 0 aliphatic rings. The number of likely N-dealkylation sites (N-methyl/N-ethyl adjacent to an activating group) is 1. The smallest absolute Gasteiger partial charge is 0.328 e. The van der Waals surface area contributed by atoms with E-state index in [0.717, 1.165) is 14.9 Å². The predicted octanol–water partition coefficient (Wildman–Crippen LogP) is 2.53. The number of carboxylic acids is 1. The lowest BCUT2D eigenvalue weighted by Crippen LogP contribution is -2.47. The SMILES string of the molecule is CNC(CCSc1nnc(C)s1)(C(=O)O)c1ccccc1. The molecule has 5 nitrogen and oxygen atoms in total. The largest absolute Gasteiger partial charge is 0.480 e. The second-order valence-corrected chi connectivity index (χ2v) is 7.04. The predicted molar refractivity (Wildman–Crippen MR) is 84.8 cm³/mol. The van der Waals surface area contributed by atoms with Gasteiger partial charge in [0.15, 0.2) is 4.34 Å². The van der Waals surface area contributed by atoms with Crippen molar-refractivity contribution < 1.29 is 9.90 Å². The number of nitrogens with one attached hydrogen (secondary N) is 1. The van der Waals surface area contributed by atoms with Crippen molar-refractivity contribution >= 4 is 29.1 Å². The molecule has 0 radical (unpaired) electrons. The van der Waals surface area contributed by atoms with Gasteiger partial charge >= 0.3 is 5.97 Å². The third kappa shape index (κ3) is 3.61. The number of thioether (sulfide) groups is 1. The summed E-state index contributed by atoms with van der Waals surface area (Å²) in [5.74, 6) is -0.221. The number of aromatic nitrogens is 2. The first-order valence-corrected chi connectivity index (χ1v) is 8.29. The Bertz CT molecular complexity index is 603. The maximum atomic E-state index is 11.8. The fourth-order valence-electron chi connectivity index (χ4n) is 2.10. The van der Waals surface area contributed by atoms with Crippen LogP contribution in [0.3, 0.4) is 0 Å². The summed E-state index contributed by atoms with van der Waals surface area (Å²) in [7, 11) is 1.68. The number of rotatable bonds is 7. The van der Waals surface area contributed by atoms with Gasteiger partial charge in [-0.15, -0.1) is 10.2 Å². The van der Waals surface area contributed by atoms with E-state index >= 15 is 0 Å². The van der Waals surface area contributed by atoms with Crippen LogP contribution >= 0.6 is 23.1 Å². The lowest BCUT2D eigenvalue weighted by molar-refractivity contribution is -0.145. The first-order chi connectivity index (χ1) is 10.1. The lowest BCUT2D eigenvalue weighted by Gasteiger charge is -2.29. The molecule has 0 saturated carbocycles. The van der Waals surface area contributed by atoms with Crippen molar-refractivity contribution in [2.45, 2.75) is 23.2 Å². The molecular weight excluding hydrogens is 306 g/mol. The molecule has 1 heterocycles. The number of aliphatic carboxylic acids is 1. The maximum absolute atomic E-state index is 11.8. The molecule has 112 valence electrons. The number of aryl methyl sites for hydroxylation is 1. The van der Waals surface area contributed by atoms with Crippen molar-refractivity contribution in [1.29, 1.82) is 0 Å². The first-order valence-electron chi connectivity index (χ1n) is 6.49. The third-order valence-electron chi connectivity index (χ3n) is 3.27. The van der Waals surface area contributed by atoms with E-state index in [0.29, 0.717) is 12.2 Å². The molecule has 2 rings (SSSR count). The number of hydrogen-bond acceptors (Lipinski definition) is 6. The Morgan fingerprint density at radius 2 is 2.10 bits per heavy atom. The monoisotopic (exact) mass is 323 g/mol. The minimum Gasteiger partial charge on any atom is -0.480 e. The highest BCUT2D eigenvalue weighted by atomic mass is 32.2. The summed E-state index contributed by atoms with van der Waals surface area (Å²) in [6.07, 6.45) is 0.464. The second-order valence-electron chi connectivity index (χ2n) is 4.51. The fraction of sp³-hybridized carbons (Fsp3) is 0.357. The molecule has 1 aromatic carbocycles. The van der Waals surface area contributed by atoms with Gasteiger partial charge in [0.25, 0.3) is 0 Å². The summed E-state index contributed by atoms with van der Waals surface area (Å²) in [6.45, 7) is 1.90. The van der Waals surface area contributed by atoms with E-state index in [1.807, 2.05) is 37.3 Å². The van der Waals surface area contributed by atoms with Crippen molar-refractivity contribution in [3.05, 3.63) is 40.9 Å². The van der Waals surface area contributed by atoms with Crippen LogP contribution in [0.25, 0.3) is 0 Å². The first kappa shape index (κ1) is 15.9. The zero-order valence-corrected chi connectivity index (χ0v) is 13.5. The van der Waals surface area contributed by atoms with E-state index in [1.54, 1.807) is 7.05 Å². The Labute approximate surface area is 131 Å². The molecule has 0 amide bonds. The van der Waals surface area contributed by atoms with Gasteiger partial charge in [-0.25, -0.2) is 4.79 Å². The van der Waals surface area contributed by atoms with Crippen LogP contribution in [0.2, 0.25) is 0 Å². The van der Waals surface area contributed by atoms with Crippen LogP contribution in [0.4, 0.5) is 0 Å². The van der Waals surface area contributed by atoms with Crippen LogP contribution in [0.1, 0.15) is 17.0 Å². The van der Waals surface area contributed by atoms with Gasteiger partial charge in [-0.05, 0) is 26.0 Å². The van der Waals surface area contributed by atoms with E-state index in [9.17, 15) is 9.90 Å². The minimum absolute atomic E-state index is 0.464. The van der Waals surface area contributed by atoms with Gasteiger partial charge < -0.3 is 10.4 Å². The van der Waals surface area contributed by atoms with E-state index in [-0.39, 0.29) is 0 Å². The van der Waals surface area contributed by atoms with Crippen LogP contribution in [0, 0.1) is 6.92 Å². The molecule has 0 aliphatic heterocycles. The van der Waals surface area contributed by atoms with Gasteiger partial charge in [-0.2, -0.15) is 0 Å². The number of carboxylic acid groups (broad SMARTS) is 1. The summed E-state index contributed by atoms with van der Waals surface area (Å²) < 4.78 is 0.871. The molecule has 2 aromatic rings. The van der Waals surface area contributed by atoms with E-state index < -0.39 is 11.5 Å². The Hall–Kier alpha value is -1.44. The topological polar surface area (TPSA) is 75.1 Å². The Balaban J connectivity index is 2.12. The molecule has 0 spiro atoms. The van der Waals surface area contributed by atoms with Crippen molar-refractivity contribution in [2.24, 2.45) is 0 Å². The second kappa shape index (κ2) is 7.02. The van der Waals surface area contributed by atoms with Crippen LogP contribution in [0.5, 0.6) is 0 Å². The van der Waals surface area contributed by atoms with E-state index in [4.69, 9.17) is 0 Å². The van der Waals surface area contributed by atoms with Gasteiger partial charge in [-0.1, -0.05) is 53.4 Å². The average molecular weight is 323 g/mol. The molecule has 7 heteroatoms. The van der Waals surface area contributed by atoms with Crippen molar-refractivity contribution in [3.63, 3.8) is 0 Å². The average Bonchev–Trinajstić information content (AvgIpc) is 2.90.